The second-order valence-electron chi connectivity index (χ2n) is 7.65. The minimum Gasteiger partial charge on any atom is -0.379 e. The molecule has 6 nitrogen and oxygen atoms in total. The second kappa shape index (κ2) is 12.0. The number of hydrogen-bond acceptors (Lipinski definition) is 4. The number of rotatable bonds is 8. The van der Waals surface area contributed by atoms with Gasteiger partial charge in [0.15, 0.2) is 5.96 Å². The van der Waals surface area contributed by atoms with E-state index in [0.29, 0.717) is 0 Å². The lowest BCUT2D eigenvalue weighted by Crippen LogP contribution is -2.52. The van der Waals surface area contributed by atoms with E-state index in [1.807, 2.05) is 0 Å². The molecule has 0 unspecified atom stereocenters. The average molecular weight is 388 g/mol. The normalized spacial score (nSPS) is 19.8. The molecule has 156 valence electrons. The van der Waals surface area contributed by atoms with Crippen LogP contribution < -0.4 is 5.32 Å². The van der Waals surface area contributed by atoms with Gasteiger partial charge in [0.2, 0.25) is 0 Å². The molecule has 0 atom stereocenters. The van der Waals surface area contributed by atoms with Crippen molar-refractivity contribution in [1.29, 1.82) is 0 Å². The fourth-order valence-corrected chi connectivity index (χ4v) is 3.84. The van der Waals surface area contributed by atoms with Crippen LogP contribution in [0.2, 0.25) is 0 Å². The van der Waals surface area contributed by atoms with Crippen LogP contribution in [0.15, 0.2) is 35.3 Å². The third-order valence-corrected chi connectivity index (χ3v) is 5.50. The lowest BCUT2D eigenvalue weighted by molar-refractivity contribution is 0.0373. The topological polar surface area (TPSA) is 43.3 Å². The largest absolute Gasteiger partial charge is 0.379 e. The van der Waals surface area contributed by atoms with Gasteiger partial charge in [-0.15, -0.1) is 0 Å². The van der Waals surface area contributed by atoms with Gasteiger partial charge in [-0.1, -0.05) is 30.3 Å². The first kappa shape index (κ1) is 21.1. The zero-order valence-electron chi connectivity index (χ0n) is 17.5. The van der Waals surface area contributed by atoms with Crippen LogP contribution in [0.5, 0.6) is 0 Å². The first-order valence-corrected chi connectivity index (χ1v) is 10.9. The van der Waals surface area contributed by atoms with Gasteiger partial charge in [-0.2, -0.15) is 0 Å². The van der Waals surface area contributed by atoms with Crippen molar-refractivity contribution >= 4 is 5.96 Å². The number of piperazine rings is 1. The van der Waals surface area contributed by atoms with Crippen molar-refractivity contribution in [3.05, 3.63) is 35.9 Å². The zero-order valence-corrected chi connectivity index (χ0v) is 17.5. The maximum atomic E-state index is 5.41. The highest BCUT2D eigenvalue weighted by atomic mass is 16.5. The van der Waals surface area contributed by atoms with E-state index in [4.69, 9.17) is 9.73 Å². The van der Waals surface area contributed by atoms with E-state index in [2.05, 4.69) is 57.3 Å². The van der Waals surface area contributed by atoms with Crippen molar-refractivity contribution in [2.75, 3.05) is 72.1 Å². The summed E-state index contributed by atoms with van der Waals surface area (Å²) < 4.78 is 5.41. The van der Waals surface area contributed by atoms with Gasteiger partial charge in [0, 0.05) is 58.9 Å². The maximum absolute atomic E-state index is 5.41. The average Bonchev–Trinajstić information content (AvgIpc) is 2.75. The van der Waals surface area contributed by atoms with Gasteiger partial charge in [0.25, 0.3) is 0 Å². The van der Waals surface area contributed by atoms with Crippen LogP contribution in [0.4, 0.5) is 0 Å². The Kier molecular flexibility index (Phi) is 9.07. The Morgan fingerprint density at radius 1 is 0.964 bits per heavy atom. The summed E-state index contributed by atoms with van der Waals surface area (Å²) in [6.45, 7) is 14.4. The highest BCUT2D eigenvalue weighted by Crippen LogP contribution is 2.09. The monoisotopic (exact) mass is 387 g/mol. The molecule has 0 aliphatic carbocycles. The van der Waals surface area contributed by atoms with Gasteiger partial charge < -0.3 is 15.0 Å². The molecule has 2 aliphatic heterocycles. The van der Waals surface area contributed by atoms with E-state index in [0.717, 1.165) is 84.5 Å². The molecule has 0 bridgehead atoms. The minimum absolute atomic E-state index is 0.888. The number of morpholine rings is 1. The number of ether oxygens (including phenoxy) is 1. The molecule has 2 fully saturated rings. The van der Waals surface area contributed by atoms with Crippen molar-refractivity contribution in [2.24, 2.45) is 4.99 Å². The zero-order chi connectivity index (χ0) is 19.4. The van der Waals surface area contributed by atoms with E-state index in [-0.39, 0.29) is 0 Å². The van der Waals surface area contributed by atoms with Crippen LogP contribution in [0.1, 0.15) is 25.3 Å². The number of nitrogens with one attached hydrogen (secondary N) is 1. The maximum Gasteiger partial charge on any atom is 0.194 e. The third kappa shape index (κ3) is 7.08. The van der Waals surface area contributed by atoms with Gasteiger partial charge in [-0.25, -0.2) is 0 Å². The molecule has 2 aliphatic rings. The molecule has 6 heteroatoms. The molecule has 1 aromatic carbocycles. The lowest BCUT2D eigenvalue weighted by Gasteiger charge is -2.36. The molecule has 0 spiro atoms. The standard InChI is InChI=1S/C22H37N5O/c1-2-23-22(24-10-6-7-11-25-16-18-28-19-17-25)27-14-12-26(13-15-27)20-21-8-4-3-5-9-21/h3-5,8-9H,2,6-7,10-20H2,1H3,(H,23,24). The number of benzene rings is 1. The predicted molar refractivity (Wildman–Crippen MR) is 116 cm³/mol. The molecule has 1 N–H and O–H groups in total. The van der Waals surface area contributed by atoms with Gasteiger partial charge in [0.1, 0.15) is 0 Å². The Balaban J connectivity index is 1.37. The fourth-order valence-electron chi connectivity index (χ4n) is 3.84. The van der Waals surface area contributed by atoms with E-state index in [9.17, 15) is 0 Å². The molecule has 0 amide bonds. The van der Waals surface area contributed by atoms with Gasteiger partial charge in [-0.3, -0.25) is 14.8 Å². The van der Waals surface area contributed by atoms with E-state index >= 15 is 0 Å². The van der Waals surface area contributed by atoms with E-state index in [1.54, 1.807) is 0 Å². The molecule has 0 saturated carbocycles. The predicted octanol–water partition coefficient (Wildman–Crippen LogP) is 1.88. The van der Waals surface area contributed by atoms with Gasteiger partial charge >= 0.3 is 0 Å². The van der Waals surface area contributed by atoms with E-state index < -0.39 is 0 Å². The molecule has 0 aromatic heterocycles. The highest BCUT2D eigenvalue weighted by Gasteiger charge is 2.19. The summed E-state index contributed by atoms with van der Waals surface area (Å²) in [6, 6.07) is 10.8. The fraction of sp³-hybridized carbons (Fsp3) is 0.682. The smallest absolute Gasteiger partial charge is 0.194 e. The SMILES string of the molecule is CCNC(=NCCCCN1CCOCC1)N1CCN(Cc2ccccc2)CC1. The van der Waals surface area contributed by atoms with Crippen LogP contribution in [0, 0.1) is 0 Å². The quantitative estimate of drug-likeness (QED) is 0.419. The van der Waals surface area contributed by atoms with Crippen molar-refractivity contribution in [3.63, 3.8) is 0 Å². The van der Waals surface area contributed by atoms with Crippen LogP contribution in [-0.2, 0) is 11.3 Å². The summed E-state index contributed by atoms with van der Waals surface area (Å²) in [5.74, 6) is 1.09. The van der Waals surface area contributed by atoms with Crippen LogP contribution in [0.3, 0.4) is 0 Å². The number of aliphatic imine (C=N–C) groups is 1. The van der Waals surface area contributed by atoms with Crippen LogP contribution in [-0.4, -0.2) is 92.8 Å². The van der Waals surface area contributed by atoms with Crippen molar-refractivity contribution in [1.82, 2.24) is 20.0 Å². The first-order chi connectivity index (χ1) is 13.8. The Hall–Kier alpha value is -1.63. The summed E-state index contributed by atoms with van der Waals surface area (Å²) in [5.41, 5.74) is 1.40. The molecule has 2 saturated heterocycles. The third-order valence-electron chi connectivity index (χ3n) is 5.50. The lowest BCUT2D eigenvalue weighted by atomic mass is 10.2. The highest BCUT2D eigenvalue weighted by molar-refractivity contribution is 5.80. The summed E-state index contributed by atoms with van der Waals surface area (Å²) in [5, 5.41) is 3.49. The summed E-state index contributed by atoms with van der Waals surface area (Å²) in [7, 11) is 0. The first-order valence-electron chi connectivity index (χ1n) is 10.9. The van der Waals surface area contributed by atoms with Crippen molar-refractivity contribution in [2.45, 2.75) is 26.3 Å². The Morgan fingerprint density at radius 2 is 1.71 bits per heavy atom. The number of nitrogens with zero attached hydrogens (tertiary/aromatic N) is 4. The molecule has 2 heterocycles. The minimum atomic E-state index is 0.888. The van der Waals surface area contributed by atoms with Crippen LogP contribution in [0.25, 0.3) is 0 Å². The number of unbranched alkanes of at least 4 members (excludes halogenated alkanes) is 1. The second-order valence-corrected chi connectivity index (χ2v) is 7.65. The molecule has 1 aromatic rings. The Labute approximate surface area is 170 Å². The Morgan fingerprint density at radius 3 is 2.43 bits per heavy atom. The van der Waals surface area contributed by atoms with Gasteiger partial charge in [-0.05, 0) is 31.9 Å². The van der Waals surface area contributed by atoms with Crippen molar-refractivity contribution < 1.29 is 4.74 Å². The summed E-state index contributed by atoms with van der Waals surface area (Å²) >= 11 is 0. The molecule has 28 heavy (non-hydrogen) atoms. The van der Waals surface area contributed by atoms with Crippen LogP contribution >= 0.6 is 0 Å². The number of hydrogen-bond donors (Lipinski definition) is 1. The summed E-state index contributed by atoms with van der Waals surface area (Å²) in [6.07, 6.45) is 2.37. The van der Waals surface area contributed by atoms with Crippen molar-refractivity contribution in [3.8, 4) is 0 Å². The molecule has 0 radical (unpaired) electrons. The summed E-state index contributed by atoms with van der Waals surface area (Å²) in [4.78, 5) is 12.4. The molecular formula is C22H37N5O. The Bertz CT molecular complexity index is 566. The number of guanidine groups is 1. The van der Waals surface area contributed by atoms with E-state index in [1.165, 1.54) is 18.5 Å². The van der Waals surface area contributed by atoms with Gasteiger partial charge in [0.05, 0.1) is 13.2 Å². The molecule has 3 rings (SSSR count). The molecular weight excluding hydrogens is 350 g/mol.